The Labute approximate surface area is 433 Å². The Kier molecular flexibility index (Phi) is 9.40. The van der Waals surface area contributed by atoms with E-state index < -0.39 is 0 Å². The number of para-hydroxylation sites is 1. The first kappa shape index (κ1) is 42.2. The van der Waals surface area contributed by atoms with E-state index in [2.05, 4.69) is 209 Å². The van der Waals surface area contributed by atoms with Gasteiger partial charge in [0.05, 0.1) is 54.0 Å². The van der Waals surface area contributed by atoms with Crippen molar-refractivity contribution in [3.05, 3.63) is 242 Å². The highest BCUT2D eigenvalue weighted by molar-refractivity contribution is 7.27. The zero-order valence-corrected chi connectivity index (χ0v) is 41.2. The van der Waals surface area contributed by atoms with Gasteiger partial charge in [0.1, 0.15) is 12.1 Å². The van der Waals surface area contributed by atoms with Gasteiger partial charge in [-0.2, -0.15) is 10.5 Å². The van der Waals surface area contributed by atoms with Crippen LogP contribution in [0.25, 0.3) is 140 Å². The average molecular weight is 975 g/mol. The summed E-state index contributed by atoms with van der Waals surface area (Å²) in [6, 6.07) is 87.0. The third-order valence-corrected chi connectivity index (χ3v) is 17.4. The first-order valence-electron chi connectivity index (χ1n) is 24.7. The van der Waals surface area contributed by atoms with E-state index in [-0.39, 0.29) is 0 Å². The fourth-order valence-electron chi connectivity index (χ4n) is 11.9. The Morgan fingerprint density at radius 3 is 1.50 bits per heavy atom. The number of thiophene rings is 2. The maximum absolute atomic E-state index is 12.3. The molecule has 0 fully saturated rings. The van der Waals surface area contributed by atoms with Gasteiger partial charge in [-0.15, -0.1) is 22.7 Å². The molecule has 0 N–H and O–H groups in total. The summed E-state index contributed by atoms with van der Waals surface area (Å²) < 4.78 is 9.41. The molecule has 0 unspecified atom stereocenters. The van der Waals surface area contributed by atoms with Crippen LogP contribution < -0.4 is 0 Å². The second-order valence-corrected chi connectivity index (χ2v) is 21.0. The lowest BCUT2D eigenvalue weighted by Gasteiger charge is -2.25. The number of nitrogens with zero attached hydrogens (tertiary/aromatic N) is 4. The van der Waals surface area contributed by atoms with Gasteiger partial charge in [-0.3, -0.25) is 0 Å². The Bertz CT molecular complexity index is 4890. The number of hydrogen-bond acceptors (Lipinski definition) is 4. The molecule has 342 valence electrons. The van der Waals surface area contributed by atoms with Crippen LogP contribution in [-0.4, -0.2) is 9.13 Å². The van der Waals surface area contributed by atoms with Crippen LogP contribution >= 0.6 is 22.7 Å². The third kappa shape index (κ3) is 6.05. The maximum Gasteiger partial charge on any atom is 0.102 e. The summed E-state index contributed by atoms with van der Waals surface area (Å²) in [5, 5.41) is 33.4. The number of aromatic nitrogens is 2. The average Bonchev–Trinajstić information content (AvgIpc) is 4.25. The molecule has 0 aliphatic carbocycles. The van der Waals surface area contributed by atoms with Gasteiger partial charge in [-0.05, 0) is 69.8 Å². The van der Waals surface area contributed by atoms with E-state index in [0.29, 0.717) is 16.7 Å². The zero-order chi connectivity index (χ0) is 49.0. The zero-order valence-electron chi connectivity index (χ0n) is 39.5. The normalized spacial score (nSPS) is 11.8. The van der Waals surface area contributed by atoms with Crippen molar-refractivity contribution in [2.45, 2.75) is 0 Å². The summed E-state index contributed by atoms with van der Waals surface area (Å²) in [4.78, 5) is 0. The van der Waals surface area contributed by atoms with Crippen molar-refractivity contribution in [2.75, 3.05) is 0 Å². The lowest BCUT2D eigenvalue weighted by Crippen LogP contribution is -2.11. The predicted octanol–water partition coefficient (Wildman–Crippen LogP) is 19.0. The van der Waals surface area contributed by atoms with Crippen molar-refractivity contribution in [1.82, 2.24) is 9.13 Å². The van der Waals surface area contributed by atoms with Crippen LogP contribution in [0.3, 0.4) is 0 Å². The smallest absolute Gasteiger partial charge is 0.102 e. The standard InChI is InChI=1S/C68H38N4S2/c69-39-54-60(43-23-9-3-10-24-43)55(40-70)64(61(44-25-11-4-12-26-44)63(54)71-56-30-16-13-27-46(56)52-37-45(33-36-57(52)71)41-19-5-1-6-20-41)72-65-48(34-35-49-47-28-14-17-31-58(47)73-67(49)65)53-38-51(42-21-7-2-8-22-42)62-50-29-15-18-32-59(50)74-68(62)66(53)72/h1-38H. The monoisotopic (exact) mass is 974 g/mol. The highest BCUT2D eigenvalue weighted by Gasteiger charge is 2.33. The molecule has 0 amide bonds. The van der Waals surface area contributed by atoms with Crippen LogP contribution in [0.2, 0.25) is 0 Å². The van der Waals surface area contributed by atoms with Crippen LogP contribution in [0.15, 0.2) is 231 Å². The molecule has 0 aliphatic heterocycles. The number of fused-ring (bicyclic) bond motifs is 14. The molecule has 4 heterocycles. The van der Waals surface area contributed by atoms with E-state index in [1.807, 2.05) is 42.5 Å². The lowest BCUT2D eigenvalue weighted by molar-refractivity contribution is 1.13. The fourth-order valence-corrected chi connectivity index (χ4v) is 14.4. The molecule has 0 aliphatic rings. The largest absolute Gasteiger partial charge is 0.307 e. The quantitative estimate of drug-likeness (QED) is 0.167. The van der Waals surface area contributed by atoms with Crippen molar-refractivity contribution in [2.24, 2.45) is 0 Å². The van der Waals surface area contributed by atoms with Gasteiger partial charge >= 0.3 is 0 Å². The Morgan fingerprint density at radius 1 is 0.324 bits per heavy atom. The van der Waals surface area contributed by atoms with Gasteiger partial charge in [0.2, 0.25) is 0 Å². The molecule has 0 atom stereocenters. The van der Waals surface area contributed by atoms with Crippen LogP contribution in [-0.2, 0) is 0 Å². The Morgan fingerprint density at radius 2 is 0.824 bits per heavy atom. The molecule has 11 aromatic carbocycles. The number of nitriles is 2. The summed E-state index contributed by atoms with van der Waals surface area (Å²) in [6.45, 7) is 0. The van der Waals surface area contributed by atoms with E-state index in [1.165, 1.54) is 25.6 Å². The molecule has 0 saturated heterocycles. The third-order valence-electron chi connectivity index (χ3n) is 15.0. The van der Waals surface area contributed by atoms with E-state index >= 15 is 0 Å². The minimum atomic E-state index is 0.427. The van der Waals surface area contributed by atoms with Crippen LogP contribution in [0.5, 0.6) is 0 Å². The number of benzene rings is 11. The lowest BCUT2D eigenvalue weighted by atomic mass is 9.86. The van der Waals surface area contributed by atoms with Gasteiger partial charge in [0.15, 0.2) is 0 Å². The van der Waals surface area contributed by atoms with E-state index in [0.717, 1.165) is 109 Å². The molecule has 15 aromatic rings. The van der Waals surface area contributed by atoms with Gasteiger partial charge in [0, 0.05) is 63.6 Å². The topological polar surface area (TPSA) is 57.4 Å². The second kappa shape index (κ2) is 16.5. The molecule has 4 nitrogen and oxygen atoms in total. The number of hydrogen-bond donors (Lipinski definition) is 0. The van der Waals surface area contributed by atoms with Crippen molar-refractivity contribution in [3.63, 3.8) is 0 Å². The summed E-state index contributed by atoms with van der Waals surface area (Å²) in [5.74, 6) is 0. The van der Waals surface area contributed by atoms with E-state index in [1.54, 1.807) is 22.7 Å². The van der Waals surface area contributed by atoms with Crippen molar-refractivity contribution >= 4 is 107 Å². The van der Waals surface area contributed by atoms with Crippen LogP contribution in [0, 0.1) is 22.7 Å². The summed E-state index contributed by atoms with van der Waals surface area (Å²) in [5.41, 5.74) is 13.9. The fraction of sp³-hybridized carbons (Fsp3) is 0. The van der Waals surface area contributed by atoms with Crippen molar-refractivity contribution in [1.29, 1.82) is 10.5 Å². The summed E-state index contributed by atoms with van der Waals surface area (Å²) >= 11 is 3.60. The van der Waals surface area contributed by atoms with E-state index in [9.17, 15) is 10.5 Å². The van der Waals surface area contributed by atoms with Gasteiger partial charge in [0.25, 0.3) is 0 Å². The highest BCUT2D eigenvalue weighted by Crippen LogP contribution is 2.54. The molecular formula is C68H38N4S2. The minimum Gasteiger partial charge on any atom is -0.307 e. The molecule has 6 heteroatoms. The van der Waals surface area contributed by atoms with Crippen molar-refractivity contribution < 1.29 is 0 Å². The molecule has 74 heavy (non-hydrogen) atoms. The highest BCUT2D eigenvalue weighted by atomic mass is 32.1. The molecule has 0 spiro atoms. The predicted molar refractivity (Wildman–Crippen MR) is 312 cm³/mol. The van der Waals surface area contributed by atoms with Crippen LogP contribution in [0.4, 0.5) is 0 Å². The first-order chi connectivity index (χ1) is 36.7. The molecule has 0 radical (unpaired) electrons. The van der Waals surface area contributed by atoms with E-state index in [4.69, 9.17) is 0 Å². The van der Waals surface area contributed by atoms with Gasteiger partial charge in [-0.1, -0.05) is 194 Å². The Hall–Kier alpha value is -9.56. The van der Waals surface area contributed by atoms with Gasteiger partial charge < -0.3 is 9.13 Å². The first-order valence-corrected chi connectivity index (χ1v) is 26.3. The molecule has 4 aromatic heterocycles. The Balaban J connectivity index is 1.23. The van der Waals surface area contributed by atoms with Gasteiger partial charge in [-0.25, -0.2) is 0 Å². The molecule has 15 rings (SSSR count). The van der Waals surface area contributed by atoms with Crippen molar-refractivity contribution in [3.8, 4) is 68.0 Å². The summed E-state index contributed by atoms with van der Waals surface area (Å²) in [6.07, 6.45) is 0. The molecular weight excluding hydrogens is 937 g/mol. The minimum absolute atomic E-state index is 0.427. The second-order valence-electron chi connectivity index (χ2n) is 18.9. The van der Waals surface area contributed by atoms with Crippen LogP contribution in [0.1, 0.15) is 11.1 Å². The molecule has 0 bridgehead atoms. The molecule has 0 saturated carbocycles. The maximum atomic E-state index is 12.3. The SMILES string of the molecule is N#Cc1c(-c2ccccc2)c(C#N)c(-n2c3c(ccc4c5ccccc5sc43)c3cc(-c4ccccc4)c4c5ccccc5sc4c32)c(-c2ccccc2)c1-n1c2ccccc2c2cc(-c3ccccc3)ccc21. The summed E-state index contributed by atoms with van der Waals surface area (Å²) in [7, 11) is 0. The number of rotatable bonds is 6.